The molecule has 1 N–H and O–H groups in total. The minimum absolute atomic E-state index is 0.0985. The van der Waals surface area contributed by atoms with Gasteiger partial charge in [0.25, 0.3) is 0 Å². The van der Waals surface area contributed by atoms with Crippen molar-refractivity contribution in [3.05, 3.63) is 59.9 Å². The van der Waals surface area contributed by atoms with Gasteiger partial charge in [0.2, 0.25) is 10.0 Å². The highest BCUT2D eigenvalue weighted by atomic mass is 32.2. The summed E-state index contributed by atoms with van der Waals surface area (Å²) in [4.78, 5) is 8.38. The third-order valence-electron chi connectivity index (χ3n) is 4.84. The molecule has 0 bridgehead atoms. The zero-order valence-electron chi connectivity index (χ0n) is 14.1. The summed E-state index contributed by atoms with van der Waals surface area (Å²) >= 11 is 0. The van der Waals surface area contributed by atoms with Gasteiger partial charge in [-0.25, -0.2) is 13.4 Å². The molecule has 1 aliphatic heterocycles. The van der Waals surface area contributed by atoms with Gasteiger partial charge in [-0.1, -0.05) is 29.8 Å². The number of aromatic amines is 1. The van der Waals surface area contributed by atoms with Crippen LogP contribution in [0.1, 0.15) is 30.1 Å². The van der Waals surface area contributed by atoms with Crippen LogP contribution in [-0.4, -0.2) is 35.8 Å². The lowest BCUT2D eigenvalue weighted by Crippen LogP contribution is -2.39. The fraction of sp³-hybridized carbons (Fsp3) is 0.316. The van der Waals surface area contributed by atoms with E-state index in [9.17, 15) is 8.42 Å². The summed E-state index contributed by atoms with van der Waals surface area (Å²) in [6.07, 6.45) is 1.78. The Hall–Kier alpha value is -2.18. The molecule has 0 saturated carbocycles. The number of H-pyrrole nitrogens is 1. The summed E-state index contributed by atoms with van der Waals surface area (Å²) in [6.45, 7) is 2.98. The lowest BCUT2D eigenvalue weighted by atomic mass is 9.99. The predicted molar refractivity (Wildman–Crippen MR) is 98.0 cm³/mol. The molecule has 1 atom stereocenters. The Kier molecular flexibility index (Phi) is 4.09. The summed E-state index contributed by atoms with van der Waals surface area (Å²) in [5, 5.41) is 0. The highest BCUT2D eigenvalue weighted by molar-refractivity contribution is 7.89. The molecule has 130 valence electrons. The van der Waals surface area contributed by atoms with Crippen LogP contribution in [0, 0.1) is 6.92 Å². The van der Waals surface area contributed by atoms with Crippen molar-refractivity contribution in [2.24, 2.45) is 0 Å². The standard InChI is InChI=1S/C19H21N3O2S/c1-14-8-10-16(11-9-14)25(23,24)22-12-4-5-15(13-22)19-20-17-6-2-3-7-18(17)21-19/h2-3,6-11,15H,4-5,12-13H2,1H3,(H,20,21). The number of hydrogen-bond acceptors (Lipinski definition) is 3. The molecular formula is C19H21N3O2S. The van der Waals surface area contributed by atoms with E-state index < -0.39 is 10.0 Å². The van der Waals surface area contributed by atoms with Crippen molar-refractivity contribution in [2.45, 2.75) is 30.6 Å². The second kappa shape index (κ2) is 6.28. The van der Waals surface area contributed by atoms with Crippen LogP contribution in [0.15, 0.2) is 53.4 Å². The highest BCUT2D eigenvalue weighted by Crippen LogP contribution is 2.30. The molecule has 0 spiro atoms. The fourth-order valence-electron chi connectivity index (χ4n) is 3.41. The number of para-hydroxylation sites is 2. The van der Waals surface area contributed by atoms with Gasteiger partial charge < -0.3 is 4.98 Å². The van der Waals surface area contributed by atoms with Crippen molar-refractivity contribution in [3.8, 4) is 0 Å². The van der Waals surface area contributed by atoms with Crippen molar-refractivity contribution >= 4 is 21.1 Å². The largest absolute Gasteiger partial charge is 0.342 e. The number of rotatable bonds is 3. The average Bonchev–Trinajstić information content (AvgIpc) is 3.06. The first-order valence-corrected chi connectivity index (χ1v) is 9.99. The smallest absolute Gasteiger partial charge is 0.243 e. The van der Waals surface area contributed by atoms with E-state index in [0.717, 1.165) is 35.3 Å². The van der Waals surface area contributed by atoms with E-state index in [1.165, 1.54) is 0 Å². The molecule has 1 fully saturated rings. The molecule has 0 radical (unpaired) electrons. The molecule has 2 aromatic carbocycles. The van der Waals surface area contributed by atoms with Gasteiger partial charge in [-0.05, 0) is 44.0 Å². The summed E-state index contributed by atoms with van der Waals surface area (Å²) < 4.78 is 27.5. The summed E-state index contributed by atoms with van der Waals surface area (Å²) in [6, 6.07) is 15.0. The second-order valence-electron chi connectivity index (χ2n) is 6.65. The molecule has 0 amide bonds. The maximum absolute atomic E-state index is 12.9. The maximum Gasteiger partial charge on any atom is 0.243 e. The Morgan fingerprint density at radius 1 is 1.12 bits per heavy atom. The zero-order valence-corrected chi connectivity index (χ0v) is 15.0. The number of piperidine rings is 1. The highest BCUT2D eigenvalue weighted by Gasteiger charge is 2.32. The molecule has 1 aliphatic rings. The van der Waals surface area contributed by atoms with Gasteiger partial charge in [-0.3, -0.25) is 0 Å². The van der Waals surface area contributed by atoms with Crippen molar-refractivity contribution < 1.29 is 8.42 Å². The van der Waals surface area contributed by atoms with E-state index in [4.69, 9.17) is 0 Å². The minimum atomic E-state index is -3.46. The summed E-state index contributed by atoms with van der Waals surface area (Å²) in [5.41, 5.74) is 2.98. The topological polar surface area (TPSA) is 66.1 Å². The van der Waals surface area contributed by atoms with Crippen LogP contribution >= 0.6 is 0 Å². The number of benzene rings is 2. The SMILES string of the molecule is Cc1ccc(S(=O)(=O)N2CCCC(c3nc4ccccc4[nH]3)C2)cc1. The van der Waals surface area contributed by atoms with Gasteiger partial charge in [-0.2, -0.15) is 4.31 Å². The van der Waals surface area contributed by atoms with Crippen molar-refractivity contribution in [3.63, 3.8) is 0 Å². The first kappa shape index (κ1) is 16.3. The first-order chi connectivity index (χ1) is 12.0. The van der Waals surface area contributed by atoms with E-state index in [2.05, 4.69) is 9.97 Å². The van der Waals surface area contributed by atoms with Crippen molar-refractivity contribution in [1.82, 2.24) is 14.3 Å². The molecule has 4 rings (SSSR count). The molecule has 1 aromatic heterocycles. The van der Waals surface area contributed by atoms with Crippen LogP contribution in [0.5, 0.6) is 0 Å². The normalized spacial score (nSPS) is 19.3. The van der Waals surface area contributed by atoms with Crippen LogP contribution in [0.25, 0.3) is 11.0 Å². The third-order valence-corrected chi connectivity index (χ3v) is 6.72. The van der Waals surface area contributed by atoms with Crippen LogP contribution in [0.3, 0.4) is 0 Å². The fourth-order valence-corrected chi connectivity index (χ4v) is 4.93. The Morgan fingerprint density at radius 3 is 2.64 bits per heavy atom. The number of aryl methyl sites for hydroxylation is 1. The zero-order chi connectivity index (χ0) is 17.4. The van der Waals surface area contributed by atoms with Gasteiger partial charge in [0.1, 0.15) is 5.82 Å². The molecular weight excluding hydrogens is 334 g/mol. The molecule has 3 aromatic rings. The average molecular weight is 355 g/mol. The third kappa shape index (κ3) is 3.07. The first-order valence-electron chi connectivity index (χ1n) is 8.55. The number of fused-ring (bicyclic) bond motifs is 1. The van der Waals surface area contributed by atoms with Crippen LogP contribution in [-0.2, 0) is 10.0 Å². The Bertz CT molecular complexity index is 960. The number of nitrogens with zero attached hydrogens (tertiary/aromatic N) is 2. The van der Waals surface area contributed by atoms with E-state index in [-0.39, 0.29) is 5.92 Å². The lowest BCUT2D eigenvalue weighted by Gasteiger charge is -2.31. The molecule has 6 heteroatoms. The Balaban J connectivity index is 1.61. The molecule has 0 aliphatic carbocycles. The number of imidazole rings is 1. The maximum atomic E-state index is 12.9. The van der Waals surface area contributed by atoms with Crippen LogP contribution in [0.4, 0.5) is 0 Å². The van der Waals surface area contributed by atoms with Gasteiger partial charge >= 0.3 is 0 Å². The van der Waals surface area contributed by atoms with Crippen LogP contribution < -0.4 is 0 Å². The lowest BCUT2D eigenvalue weighted by molar-refractivity contribution is 0.310. The van der Waals surface area contributed by atoms with E-state index in [1.54, 1.807) is 16.4 Å². The van der Waals surface area contributed by atoms with Crippen molar-refractivity contribution in [1.29, 1.82) is 0 Å². The Morgan fingerprint density at radius 2 is 1.88 bits per heavy atom. The summed E-state index contributed by atoms with van der Waals surface area (Å²) in [5.74, 6) is 0.978. The van der Waals surface area contributed by atoms with Crippen molar-refractivity contribution in [2.75, 3.05) is 13.1 Å². The number of sulfonamides is 1. The number of nitrogens with one attached hydrogen (secondary N) is 1. The molecule has 1 unspecified atom stereocenters. The quantitative estimate of drug-likeness (QED) is 0.783. The van der Waals surface area contributed by atoms with Gasteiger partial charge in [0.15, 0.2) is 0 Å². The van der Waals surface area contributed by atoms with Gasteiger partial charge in [0.05, 0.1) is 15.9 Å². The molecule has 25 heavy (non-hydrogen) atoms. The summed E-state index contributed by atoms with van der Waals surface area (Å²) in [7, 11) is -3.46. The predicted octanol–water partition coefficient (Wildman–Crippen LogP) is 3.44. The molecule has 1 saturated heterocycles. The minimum Gasteiger partial charge on any atom is -0.342 e. The monoisotopic (exact) mass is 355 g/mol. The second-order valence-corrected chi connectivity index (χ2v) is 8.59. The molecule has 2 heterocycles. The number of aromatic nitrogens is 2. The van der Waals surface area contributed by atoms with E-state index >= 15 is 0 Å². The van der Waals surface area contributed by atoms with Gasteiger partial charge in [0, 0.05) is 19.0 Å². The van der Waals surface area contributed by atoms with Gasteiger partial charge in [-0.15, -0.1) is 0 Å². The van der Waals surface area contributed by atoms with Crippen LogP contribution in [0.2, 0.25) is 0 Å². The number of hydrogen-bond donors (Lipinski definition) is 1. The van der Waals surface area contributed by atoms with E-state index in [1.807, 2.05) is 43.3 Å². The van der Waals surface area contributed by atoms with E-state index in [0.29, 0.717) is 18.0 Å². The molecule has 5 nitrogen and oxygen atoms in total. The Labute approximate surface area is 147 Å².